The summed E-state index contributed by atoms with van der Waals surface area (Å²) >= 11 is 5.91. The van der Waals surface area contributed by atoms with Gasteiger partial charge in [0.05, 0.1) is 5.88 Å². The summed E-state index contributed by atoms with van der Waals surface area (Å²) in [6.07, 6.45) is 7.50. The second-order valence-electron chi connectivity index (χ2n) is 4.49. The highest BCUT2D eigenvalue weighted by atomic mass is 35.5. The minimum atomic E-state index is 0.504. The molecule has 2 heterocycles. The lowest BCUT2D eigenvalue weighted by Gasteiger charge is -2.29. The summed E-state index contributed by atoms with van der Waals surface area (Å²) in [5, 5.41) is 0. The van der Waals surface area contributed by atoms with Crippen molar-refractivity contribution in [3.63, 3.8) is 0 Å². The van der Waals surface area contributed by atoms with Crippen LogP contribution in [0.3, 0.4) is 0 Å². The van der Waals surface area contributed by atoms with E-state index in [0.717, 1.165) is 23.8 Å². The van der Waals surface area contributed by atoms with E-state index in [0.29, 0.717) is 11.9 Å². The zero-order valence-corrected chi connectivity index (χ0v) is 9.32. The van der Waals surface area contributed by atoms with Crippen LogP contribution in [0.15, 0.2) is 12.5 Å². The van der Waals surface area contributed by atoms with Gasteiger partial charge in [-0.05, 0) is 25.2 Å². The van der Waals surface area contributed by atoms with Gasteiger partial charge in [-0.25, -0.2) is 9.97 Å². The van der Waals surface area contributed by atoms with E-state index in [1.54, 1.807) is 6.33 Å². The summed E-state index contributed by atoms with van der Waals surface area (Å²) in [6, 6.07) is 0.701. The Labute approximate surface area is 94.5 Å². The molecule has 0 spiro atoms. The van der Waals surface area contributed by atoms with Gasteiger partial charge in [-0.3, -0.25) is 0 Å². The van der Waals surface area contributed by atoms with Crippen molar-refractivity contribution >= 4 is 17.4 Å². The normalized spacial score (nSPS) is 28.7. The highest BCUT2D eigenvalue weighted by Crippen LogP contribution is 2.40. The van der Waals surface area contributed by atoms with Gasteiger partial charge in [0, 0.05) is 24.3 Å². The Morgan fingerprint density at radius 1 is 1.47 bits per heavy atom. The van der Waals surface area contributed by atoms with E-state index >= 15 is 0 Å². The predicted molar refractivity (Wildman–Crippen MR) is 60.1 cm³/mol. The molecule has 1 aromatic heterocycles. The van der Waals surface area contributed by atoms with Crippen LogP contribution in [0.5, 0.6) is 0 Å². The van der Waals surface area contributed by atoms with Gasteiger partial charge in [0.15, 0.2) is 0 Å². The molecule has 2 aliphatic rings. The summed E-state index contributed by atoms with van der Waals surface area (Å²) in [6.45, 7) is 1.16. The van der Waals surface area contributed by atoms with Crippen LogP contribution >= 0.6 is 11.6 Å². The third-order valence-electron chi connectivity index (χ3n) is 3.59. The number of nitrogens with zero attached hydrogens (tertiary/aromatic N) is 3. The third-order valence-corrected chi connectivity index (χ3v) is 3.88. The van der Waals surface area contributed by atoms with E-state index in [-0.39, 0.29) is 0 Å². The van der Waals surface area contributed by atoms with E-state index < -0.39 is 0 Å². The van der Waals surface area contributed by atoms with E-state index in [1.807, 2.05) is 6.20 Å². The van der Waals surface area contributed by atoms with Crippen LogP contribution in [0.1, 0.15) is 24.8 Å². The van der Waals surface area contributed by atoms with E-state index in [9.17, 15) is 0 Å². The molecular weight excluding hydrogens is 210 g/mol. The fraction of sp³-hybridized carbons (Fsp3) is 0.636. The molecule has 3 rings (SSSR count). The number of rotatable bonds is 2. The molecule has 1 saturated carbocycles. The first-order chi connectivity index (χ1) is 7.38. The second-order valence-corrected chi connectivity index (χ2v) is 4.76. The first-order valence-corrected chi connectivity index (χ1v) is 6.03. The summed E-state index contributed by atoms with van der Waals surface area (Å²) in [5.41, 5.74) is 1.06. The predicted octanol–water partition coefficient (Wildman–Crippen LogP) is 2.20. The van der Waals surface area contributed by atoms with Crippen molar-refractivity contribution in [2.24, 2.45) is 5.92 Å². The van der Waals surface area contributed by atoms with E-state index in [2.05, 4.69) is 14.9 Å². The molecule has 80 valence electrons. The maximum atomic E-state index is 5.91. The van der Waals surface area contributed by atoms with Crippen molar-refractivity contribution in [1.82, 2.24) is 9.97 Å². The lowest BCUT2D eigenvalue weighted by Crippen LogP contribution is -2.33. The fourth-order valence-corrected chi connectivity index (χ4v) is 3.08. The van der Waals surface area contributed by atoms with E-state index in [1.165, 1.54) is 19.3 Å². The average molecular weight is 224 g/mol. The molecule has 0 radical (unpaired) electrons. The van der Waals surface area contributed by atoms with Gasteiger partial charge < -0.3 is 4.90 Å². The first-order valence-electron chi connectivity index (χ1n) is 5.50. The third kappa shape index (κ3) is 1.49. The lowest BCUT2D eigenvalue weighted by atomic mass is 10.1. The van der Waals surface area contributed by atoms with Crippen LogP contribution < -0.4 is 4.90 Å². The van der Waals surface area contributed by atoms with Gasteiger partial charge in [-0.2, -0.15) is 0 Å². The molecule has 0 aromatic carbocycles. The zero-order valence-electron chi connectivity index (χ0n) is 8.56. The number of aromatic nitrogens is 2. The topological polar surface area (TPSA) is 29.0 Å². The molecule has 0 N–H and O–H groups in total. The Bertz CT molecular complexity index is 369. The van der Waals surface area contributed by atoms with Crippen LogP contribution in [0.25, 0.3) is 0 Å². The number of fused-ring (bicyclic) bond motifs is 2. The van der Waals surface area contributed by atoms with Gasteiger partial charge in [0.1, 0.15) is 12.1 Å². The maximum absolute atomic E-state index is 5.91. The molecule has 2 unspecified atom stereocenters. The van der Waals surface area contributed by atoms with Crippen LogP contribution in [-0.4, -0.2) is 22.6 Å². The highest BCUT2D eigenvalue weighted by Gasteiger charge is 2.38. The van der Waals surface area contributed by atoms with Gasteiger partial charge in [-0.1, -0.05) is 0 Å². The van der Waals surface area contributed by atoms with Crippen molar-refractivity contribution in [2.75, 3.05) is 11.4 Å². The van der Waals surface area contributed by atoms with Crippen molar-refractivity contribution in [2.45, 2.75) is 31.2 Å². The van der Waals surface area contributed by atoms with Crippen LogP contribution in [0.4, 0.5) is 5.82 Å². The maximum Gasteiger partial charge on any atom is 0.136 e. The molecule has 1 aliphatic carbocycles. The van der Waals surface area contributed by atoms with Crippen molar-refractivity contribution in [1.29, 1.82) is 0 Å². The molecule has 1 aromatic rings. The second kappa shape index (κ2) is 3.63. The van der Waals surface area contributed by atoms with Crippen LogP contribution in [0.2, 0.25) is 0 Å². The first kappa shape index (κ1) is 9.40. The number of hydrogen-bond acceptors (Lipinski definition) is 3. The van der Waals surface area contributed by atoms with E-state index in [4.69, 9.17) is 11.6 Å². The Morgan fingerprint density at radius 3 is 3.07 bits per heavy atom. The smallest absolute Gasteiger partial charge is 0.136 e. The summed E-state index contributed by atoms with van der Waals surface area (Å²) in [5.74, 6) is 2.45. The molecule has 15 heavy (non-hydrogen) atoms. The summed E-state index contributed by atoms with van der Waals surface area (Å²) in [4.78, 5) is 10.8. The van der Waals surface area contributed by atoms with Gasteiger partial charge in [0.25, 0.3) is 0 Å². The summed E-state index contributed by atoms with van der Waals surface area (Å²) in [7, 11) is 0. The minimum Gasteiger partial charge on any atom is -0.353 e. The molecule has 3 nitrogen and oxygen atoms in total. The standard InChI is InChI=1S/C11H14ClN3/c12-4-9-5-13-7-14-11(9)15-6-8-1-2-10(15)3-8/h5,7-8,10H,1-4,6H2. The quantitative estimate of drug-likeness (QED) is 0.720. The van der Waals surface area contributed by atoms with Crippen molar-refractivity contribution in [3.05, 3.63) is 18.1 Å². The SMILES string of the molecule is ClCc1cncnc1N1CC2CCC1C2. The Kier molecular flexibility index (Phi) is 2.28. The minimum absolute atomic E-state index is 0.504. The monoisotopic (exact) mass is 223 g/mol. The molecule has 0 amide bonds. The molecule has 1 aliphatic heterocycles. The molecular formula is C11H14ClN3. The largest absolute Gasteiger partial charge is 0.353 e. The molecule has 2 bridgehead atoms. The van der Waals surface area contributed by atoms with Crippen molar-refractivity contribution in [3.8, 4) is 0 Å². The van der Waals surface area contributed by atoms with Crippen LogP contribution in [0, 0.1) is 5.92 Å². The molecule has 4 heteroatoms. The number of hydrogen-bond donors (Lipinski definition) is 0. The molecule has 2 fully saturated rings. The Morgan fingerprint density at radius 2 is 2.40 bits per heavy atom. The molecule has 2 atom stereocenters. The lowest BCUT2D eigenvalue weighted by molar-refractivity contribution is 0.549. The Balaban J connectivity index is 1.92. The number of alkyl halides is 1. The number of halogens is 1. The zero-order chi connectivity index (χ0) is 10.3. The van der Waals surface area contributed by atoms with Gasteiger partial charge in [0.2, 0.25) is 0 Å². The fourth-order valence-electron chi connectivity index (χ4n) is 2.89. The van der Waals surface area contributed by atoms with Gasteiger partial charge in [-0.15, -0.1) is 11.6 Å². The van der Waals surface area contributed by atoms with Crippen LogP contribution in [-0.2, 0) is 5.88 Å². The Hall–Kier alpha value is -0.830. The molecule has 1 saturated heterocycles. The number of piperidine rings is 1. The number of anilines is 1. The van der Waals surface area contributed by atoms with Gasteiger partial charge >= 0.3 is 0 Å². The highest BCUT2D eigenvalue weighted by molar-refractivity contribution is 6.17. The summed E-state index contributed by atoms with van der Waals surface area (Å²) < 4.78 is 0. The average Bonchev–Trinajstić information content (AvgIpc) is 2.90. The van der Waals surface area contributed by atoms with Crippen molar-refractivity contribution < 1.29 is 0 Å².